The van der Waals surface area contributed by atoms with Crippen LogP contribution in [-0.2, 0) is 4.79 Å². The molecule has 6 nitrogen and oxygen atoms in total. The van der Waals surface area contributed by atoms with Crippen LogP contribution in [0.3, 0.4) is 0 Å². The lowest BCUT2D eigenvalue weighted by Crippen LogP contribution is -2.42. The summed E-state index contributed by atoms with van der Waals surface area (Å²) in [5.74, 6) is -0.319. The summed E-state index contributed by atoms with van der Waals surface area (Å²) in [6, 6.07) is 5.47. The molecule has 0 radical (unpaired) electrons. The van der Waals surface area contributed by atoms with Gasteiger partial charge in [-0.05, 0) is 37.1 Å². The van der Waals surface area contributed by atoms with Crippen LogP contribution in [0.1, 0.15) is 26.7 Å². The number of amides is 2. The molecule has 110 valence electrons. The van der Waals surface area contributed by atoms with Gasteiger partial charge >= 0.3 is 12.0 Å². The molecule has 6 heteroatoms. The Morgan fingerprint density at radius 3 is 2.40 bits per heavy atom. The predicted molar refractivity (Wildman–Crippen MR) is 76.1 cm³/mol. The summed E-state index contributed by atoms with van der Waals surface area (Å²) in [5.41, 5.74) is 0.576. The molecule has 0 fully saturated rings. The van der Waals surface area contributed by atoms with Crippen molar-refractivity contribution in [3.05, 3.63) is 24.3 Å². The van der Waals surface area contributed by atoms with E-state index in [0.717, 1.165) is 12.2 Å². The molecular formula is C14H20N2O4. The summed E-state index contributed by atoms with van der Waals surface area (Å²) in [6.07, 6.45) is 1.25. The zero-order chi connectivity index (χ0) is 15.0. The third-order valence-corrected chi connectivity index (χ3v) is 2.60. The molecule has 0 aliphatic heterocycles. The van der Waals surface area contributed by atoms with E-state index in [1.807, 2.05) is 6.92 Å². The lowest BCUT2D eigenvalue weighted by atomic mass is 10.2. The van der Waals surface area contributed by atoms with Gasteiger partial charge in [-0.15, -0.1) is 0 Å². The number of ether oxygens (including phenoxy) is 1. The Kier molecular flexibility index (Phi) is 6.36. The van der Waals surface area contributed by atoms with Crippen molar-refractivity contribution in [3.8, 4) is 5.75 Å². The highest BCUT2D eigenvalue weighted by Gasteiger charge is 2.17. The summed E-state index contributed by atoms with van der Waals surface area (Å²) in [7, 11) is 0. The normalized spacial score (nSPS) is 11.5. The van der Waals surface area contributed by atoms with Crippen molar-refractivity contribution in [1.29, 1.82) is 0 Å². The van der Waals surface area contributed by atoms with E-state index in [9.17, 15) is 9.59 Å². The molecule has 1 aromatic rings. The molecule has 0 bridgehead atoms. The van der Waals surface area contributed by atoms with E-state index in [1.165, 1.54) is 0 Å². The number of carbonyl (C=O) groups is 2. The number of anilines is 1. The number of rotatable bonds is 7. The molecule has 2 amide bonds. The van der Waals surface area contributed by atoms with E-state index < -0.39 is 18.0 Å². The zero-order valence-electron chi connectivity index (χ0n) is 11.7. The van der Waals surface area contributed by atoms with Crippen molar-refractivity contribution in [2.24, 2.45) is 0 Å². The van der Waals surface area contributed by atoms with Crippen molar-refractivity contribution in [2.75, 3.05) is 11.9 Å². The van der Waals surface area contributed by atoms with Gasteiger partial charge in [0, 0.05) is 5.69 Å². The van der Waals surface area contributed by atoms with Crippen molar-refractivity contribution >= 4 is 17.7 Å². The average Bonchev–Trinajstić information content (AvgIpc) is 2.43. The van der Waals surface area contributed by atoms with Crippen LogP contribution >= 0.6 is 0 Å². The zero-order valence-corrected chi connectivity index (χ0v) is 11.7. The Labute approximate surface area is 118 Å². The predicted octanol–water partition coefficient (Wildman–Crippen LogP) is 2.46. The van der Waals surface area contributed by atoms with E-state index in [0.29, 0.717) is 18.7 Å². The standard InChI is InChI=1S/C14H20N2O4/c1-3-9-20-11-7-5-10(6-8-11)15-14(19)16-12(4-2)13(17)18/h5-8,12H,3-4,9H2,1-2H3,(H,17,18)(H2,15,16,19)/t12-/m1/s1. The third kappa shape index (κ3) is 5.17. The second kappa shape index (κ2) is 8.04. The molecule has 0 aromatic heterocycles. The van der Waals surface area contributed by atoms with Gasteiger partial charge in [-0.1, -0.05) is 13.8 Å². The first-order valence-corrected chi connectivity index (χ1v) is 6.60. The minimum Gasteiger partial charge on any atom is -0.494 e. The molecule has 0 heterocycles. The fourth-order valence-corrected chi connectivity index (χ4v) is 1.52. The highest BCUT2D eigenvalue weighted by Crippen LogP contribution is 2.15. The number of benzene rings is 1. The van der Waals surface area contributed by atoms with Crippen molar-refractivity contribution < 1.29 is 19.4 Å². The maximum atomic E-state index is 11.6. The third-order valence-electron chi connectivity index (χ3n) is 2.60. The number of carboxylic acid groups (broad SMARTS) is 1. The van der Waals surface area contributed by atoms with Crippen molar-refractivity contribution in [2.45, 2.75) is 32.7 Å². The number of carbonyl (C=O) groups excluding carboxylic acids is 1. The van der Waals surface area contributed by atoms with Crippen LogP contribution in [0.5, 0.6) is 5.75 Å². The highest BCUT2D eigenvalue weighted by atomic mass is 16.5. The Morgan fingerprint density at radius 2 is 1.90 bits per heavy atom. The number of nitrogens with one attached hydrogen (secondary N) is 2. The Hall–Kier alpha value is -2.24. The van der Waals surface area contributed by atoms with Gasteiger partial charge in [-0.3, -0.25) is 0 Å². The lowest BCUT2D eigenvalue weighted by Gasteiger charge is -2.13. The first-order chi connectivity index (χ1) is 9.56. The van der Waals surface area contributed by atoms with Crippen LogP contribution in [0.25, 0.3) is 0 Å². The maximum absolute atomic E-state index is 11.6. The topological polar surface area (TPSA) is 87.7 Å². The summed E-state index contributed by atoms with van der Waals surface area (Å²) >= 11 is 0. The van der Waals surface area contributed by atoms with Gasteiger partial charge in [0.05, 0.1) is 6.61 Å². The van der Waals surface area contributed by atoms with Crippen LogP contribution in [0.2, 0.25) is 0 Å². The molecule has 1 aromatic carbocycles. The molecule has 1 atom stereocenters. The first kappa shape index (κ1) is 15.8. The van der Waals surface area contributed by atoms with Gasteiger partial charge < -0.3 is 20.5 Å². The number of urea groups is 1. The first-order valence-electron chi connectivity index (χ1n) is 6.60. The van der Waals surface area contributed by atoms with Crippen LogP contribution < -0.4 is 15.4 Å². The van der Waals surface area contributed by atoms with Crippen molar-refractivity contribution in [3.63, 3.8) is 0 Å². The minimum atomic E-state index is -1.05. The van der Waals surface area contributed by atoms with E-state index in [2.05, 4.69) is 10.6 Å². The van der Waals surface area contributed by atoms with Gasteiger partial charge in [0.15, 0.2) is 0 Å². The van der Waals surface area contributed by atoms with Gasteiger partial charge in [-0.25, -0.2) is 9.59 Å². The fraction of sp³-hybridized carbons (Fsp3) is 0.429. The summed E-state index contributed by atoms with van der Waals surface area (Å²) < 4.78 is 5.42. The molecule has 0 unspecified atom stereocenters. The second-order valence-corrected chi connectivity index (χ2v) is 4.27. The second-order valence-electron chi connectivity index (χ2n) is 4.27. The molecular weight excluding hydrogens is 260 g/mol. The van der Waals surface area contributed by atoms with Gasteiger partial charge in [0.25, 0.3) is 0 Å². The molecule has 20 heavy (non-hydrogen) atoms. The smallest absolute Gasteiger partial charge is 0.326 e. The quantitative estimate of drug-likeness (QED) is 0.716. The van der Waals surface area contributed by atoms with Crippen LogP contribution in [0.15, 0.2) is 24.3 Å². The monoisotopic (exact) mass is 280 g/mol. The molecule has 1 rings (SSSR count). The Morgan fingerprint density at radius 1 is 1.25 bits per heavy atom. The minimum absolute atomic E-state index is 0.326. The molecule has 0 aliphatic carbocycles. The van der Waals surface area contributed by atoms with Gasteiger partial charge in [0.2, 0.25) is 0 Å². The van der Waals surface area contributed by atoms with Gasteiger partial charge in [0.1, 0.15) is 11.8 Å². The fourth-order valence-electron chi connectivity index (χ4n) is 1.52. The van der Waals surface area contributed by atoms with E-state index >= 15 is 0 Å². The number of hydrogen-bond donors (Lipinski definition) is 3. The SMILES string of the molecule is CCCOc1ccc(NC(=O)N[C@H](CC)C(=O)O)cc1. The highest BCUT2D eigenvalue weighted by molar-refractivity contribution is 5.92. The van der Waals surface area contributed by atoms with Gasteiger partial charge in [-0.2, -0.15) is 0 Å². The molecule has 0 aliphatic rings. The van der Waals surface area contributed by atoms with E-state index in [-0.39, 0.29) is 0 Å². The Bertz CT molecular complexity index is 445. The van der Waals surface area contributed by atoms with Crippen LogP contribution in [0.4, 0.5) is 10.5 Å². The number of hydrogen-bond acceptors (Lipinski definition) is 3. The summed E-state index contributed by atoms with van der Waals surface area (Å²) in [5, 5.41) is 13.8. The maximum Gasteiger partial charge on any atom is 0.326 e. The Balaban J connectivity index is 2.51. The summed E-state index contributed by atoms with van der Waals surface area (Å²) in [6.45, 7) is 4.36. The van der Waals surface area contributed by atoms with Crippen LogP contribution in [-0.4, -0.2) is 29.8 Å². The molecule has 0 saturated heterocycles. The molecule has 0 saturated carbocycles. The lowest BCUT2D eigenvalue weighted by molar-refractivity contribution is -0.139. The molecule has 0 spiro atoms. The van der Waals surface area contributed by atoms with Crippen LogP contribution in [0, 0.1) is 0 Å². The number of carboxylic acids is 1. The largest absolute Gasteiger partial charge is 0.494 e. The van der Waals surface area contributed by atoms with E-state index in [1.54, 1.807) is 31.2 Å². The molecule has 3 N–H and O–H groups in total. The number of aliphatic carboxylic acids is 1. The van der Waals surface area contributed by atoms with Crippen molar-refractivity contribution in [1.82, 2.24) is 5.32 Å². The summed E-state index contributed by atoms with van der Waals surface area (Å²) in [4.78, 5) is 22.4. The van der Waals surface area contributed by atoms with E-state index in [4.69, 9.17) is 9.84 Å². The average molecular weight is 280 g/mol.